The largest absolute Gasteiger partial charge is 0.478 e. The predicted molar refractivity (Wildman–Crippen MR) is 125 cm³/mol. The monoisotopic (exact) mass is 453 g/mol. The Morgan fingerprint density at radius 2 is 1.67 bits per heavy atom. The number of hydrogen-bond acceptors (Lipinski definition) is 2. The zero-order chi connectivity index (χ0) is 24.2. The van der Waals surface area contributed by atoms with Crippen LogP contribution in [0.15, 0.2) is 84.1 Å². The predicted octanol–water partition coefficient (Wildman–Crippen LogP) is 7.78. The van der Waals surface area contributed by atoms with Gasteiger partial charge in [-0.2, -0.15) is 13.2 Å². The van der Waals surface area contributed by atoms with E-state index >= 15 is 0 Å². The molecular formula is C27H26F3NO2. The van der Waals surface area contributed by atoms with E-state index in [4.69, 9.17) is 0 Å². The minimum Gasteiger partial charge on any atom is -0.478 e. The molecule has 0 amide bonds. The van der Waals surface area contributed by atoms with Gasteiger partial charge in [-0.3, -0.25) is 0 Å². The zero-order valence-electron chi connectivity index (χ0n) is 18.8. The van der Waals surface area contributed by atoms with Gasteiger partial charge >= 0.3 is 12.1 Å². The van der Waals surface area contributed by atoms with Crippen molar-refractivity contribution in [2.45, 2.75) is 39.8 Å². The number of carboxylic acid groups (broad SMARTS) is 1. The minimum atomic E-state index is -4.45. The maximum Gasteiger partial charge on any atom is 0.416 e. The molecule has 0 aromatic heterocycles. The van der Waals surface area contributed by atoms with Crippen molar-refractivity contribution in [3.8, 4) is 0 Å². The molecule has 0 saturated heterocycles. The molecule has 0 bridgehead atoms. The molecule has 0 saturated carbocycles. The molecule has 3 nitrogen and oxygen atoms in total. The van der Waals surface area contributed by atoms with Gasteiger partial charge in [0.05, 0.1) is 11.1 Å². The molecule has 0 unspecified atom stereocenters. The molecule has 33 heavy (non-hydrogen) atoms. The molecule has 0 atom stereocenters. The van der Waals surface area contributed by atoms with Gasteiger partial charge < -0.3 is 10.0 Å². The van der Waals surface area contributed by atoms with Gasteiger partial charge in [-0.15, -0.1) is 0 Å². The first kappa shape index (κ1) is 24.1. The van der Waals surface area contributed by atoms with Crippen LogP contribution in [-0.4, -0.2) is 11.1 Å². The van der Waals surface area contributed by atoms with Crippen molar-refractivity contribution in [3.63, 3.8) is 0 Å². The Kier molecular flexibility index (Phi) is 7.26. The highest BCUT2D eigenvalue weighted by Crippen LogP contribution is 2.39. The van der Waals surface area contributed by atoms with Gasteiger partial charge in [0.2, 0.25) is 0 Å². The summed E-state index contributed by atoms with van der Waals surface area (Å²) in [6.07, 6.45) is -3.17. The van der Waals surface area contributed by atoms with Crippen LogP contribution in [0, 0.1) is 6.92 Å². The van der Waals surface area contributed by atoms with Gasteiger partial charge in [0, 0.05) is 23.5 Å². The Morgan fingerprint density at radius 3 is 2.24 bits per heavy atom. The second-order valence-corrected chi connectivity index (χ2v) is 7.93. The number of carbonyl (C=O) groups is 1. The molecule has 172 valence electrons. The van der Waals surface area contributed by atoms with E-state index in [1.807, 2.05) is 49.1 Å². The number of carboxylic acids is 1. The lowest BCUT2D eigenvalue weighted by atomic mass is 10.00. The Morgan fingerprint density at radius 1 is 0.970 bits per heavy atom. The smallest absolute Gasteiger partial charge is 0.416 e. The third-order valence-electron chi connectivity index (χ3n) is 5.62. The first-order chi connectivity index (χ1) is 15.6. The quantitative estimate of drug-likeness (QED) is 0.397. The van der Waals surface area contributed by atoms with E-state index in [0.717, 1.165) is 35.4 Å². The van der Waals surface area contributed by atoms with Gasteiger partial charge in [-0.1, -0.05) is 48.9 Å². The van der Waals surface area contributed by atoms with Gasteiger partial charge in [-0.25, -0.2) is 4.79 Å². The highest BCUT2D eigenvalue weighted by Gasteiger charge is 2.31. The summed E-state index contributed by atoms with van der Waals surface area (Å²) in [5.74, 6) is -1.07. The van der Waals surface area contributed by atoms with Crippen molar-refractivity contribution in [1.29, 1.82) is 0 Å². The summed E-state index contributed by atoms with van der Waals surface area (Å²) in [7, 11) is 0. The van der Waals surface area contributed by atoms with Crippen LogP contribution in [0.1, 0.15) is 47.3 Å². The van der Waals surface area contributed by atoms with Crippen molar-refractivity contribution < 1.29 is 23.1 Å². The first-order valence-corrected chi connectivity index (χ1v) is 10.7. The topological polar surface area (TPSA) is 40.5 Å². The molecule has 3 rings (SSSR count). The molecule has 3 aromatic rings. The summed E-state index contributed by atoms with van der Waals surface area (Å²) >= 11 is 0. The van der Waals surface area contributed by atoms with Crippen LogP contribution >= 0.6 is 0 Å². The maximum atomic E-state index is 13.3. The SMILES string of the molecule is CC/C(C)=C(\Cc1ccccc1)N(c1cccc(C(=O)O)c1)c1ccc(C(F)(F)F)cc1C. The van der Waals surface area contributed by atoms with Crippen molar-refractivity contribution in [2.75, 3.05) is 4.90 Å². The van der Waals surface area contributed by atoms with E-state index < -0.39 is 17.7 Å². The third kappa shape index (κ3) is 5.64. The molecule has 0 aliphatic heterocycles. The number of benzene rings is 3. The van der Waals surface area contributed by atoms with Crippen molar-refractivity contribution >= 4 is 17.3 Å². The molecule has 0 spiro atoms. The van der Waals surface area contributed by atoms with E-state index in [1.165, 1.54) is 12.1 Å². The van der Waals surface area contributed by atoms with Crippen molar-refractivity contribution in [3.05, 3.63) is 106 Å². The molecule has 0 heterocycles. The van der Waals surface area contributed by atoms with E-state index in [0.29, 0.717) is 23.4 Å². The number of anilines is 2. The van der Waals surface area contributed by atoms with Crippen LogP contribution in [0.25, 0.3) is 0 Å². The van der Waals surface area contributed by atoms with Crippen LogP contribution in [0.2, 0.25) is 0 Å². The number of alkyl halides is 3. The van der Waals surface area contributed by atoms with Crippen molar-refractivity contribution in [1.82, 2.24) is 0 Å². The lowest BCUT2D eigenvalue weighted by Gasteiger charge is -2.32. The van der Waals surface area contributed by atoms with Crippen LogP contribution in [-0.2, 0) is 12.6 Å². The summed E-state index contributed by atoms with van der Waals surface area (Å²) in [4.78, 5) is 13.5. The highest BCUT2D eigenvalue weighted by atomic mass is 19.4. The number of halogens is 3. The fraction of sp³-hybridized carbons (Fsp3) is 0.222. The molecule has 3 aromatic carbocycles. The fourth-order valence-electron chi connectivity index (χ4n) is 3.72. The Hall–Kier alpha value is -3.54. The summed E-state index contributed by atoms with van der Waals surface area (Å²) in [5, 5.41) is 9.52. The Bertz CT molecular complexity index is 1170. The summed E-state index contributed by atoms with van der Waals surface area (Å²) < 4.78 is 39.9. The van der Waals surface area contributed by atoms with E-state index in [1.54, 1.807) is 25.1 Å². The van der Waals surface area contributed by atoms with Crippen LogP contribution in [0.5, 0.6) is 0 Å². The minimum absolute atomic E-state index is 0.107. The fourth-order valence-corrected chi connectivity index (χ4v) is 3.72. The molecular weight excluding hydrogens is 427 g/mol. The number of aryl methyl sites for hydroxylation is 1. The number of nitrogens with zero attached hydrogens (tertiary/aromatic N) is 1. The normalized spacial score (nSPS) is 12.3. The summed E-state index contributed by atoms with van der Waals surface area (Å²) in [6.45, 7) is 5.65. The van der Waals surface area contributed by atoms with Gasteiger partial charge in [0.15, 0.2) is 0 Å². The Labute approximate surface area is 191 Å². The molecule has 0 aliphatic rings. The van der Waals surface area contributed by atoms with E-state index in [-0.39, 0.29) is 5.56 Å². The van der Waals surface area contributed by atoms with Gasteiger partial charge in [-0.05, 0) is 67.8 Å². The van der Waals surface area contributed by atoms with E-state index in [2.05, 4.69) is 0 Å². The summed E-state index contributed by atoms with van der Waals surface area (Å²) in [5.41, 5.74) is 3.98. The number of aromatic carboxylic acids is 1. The van der Waals surface area contributed by atoms with E-state index in [9.17, 15) is 23.1 Å². The van der Waals surface area contributed by atoms with Crippen molar-refractivity contribution in [2.24, 2.45) is 0 Å². The van der Waals surface area contributed by atoms with Crippen LogP contribution in [0.3, 0.4) is 0 Å². The van der Waals surface area contributed by atoms with Gasteiger partial charge in [0.25, 0.3) is 0 Å². The second kappa shape index (κ2) is 9.94. The van der Waals surface area contributed by atoms with Crippen LogP contribution < -0.4 is 4.90 Å². The third-order valence-corrected chi connectivity index (χ3v) is 5.62. The number of rotatable bonds is 7. The van der Waals surface area contributed by atoms with Crippen LogP contribution in [0.4, 0.5) is 24.5 Å². The highest BCUT2D eigenvalue weighted by molar-refractivity contribution is 5.89. The van der Waals surface area contributed by atoms with Gasteiger partial charge in [0.1, 0.15) is 0 Å². The molecule has 0 radical (unpaired) electrons. The lowest BCUT2D eigenvalue weighted by molar-refractivity contribution is -0.137. The lowest BCUT2D eigenvalue weighted by Crippen LogP contribution is -2.21. The number of allylic oxidation sites excluding steroid dienone is 2. The summed E-state index contributed by atoms with van der Waals surface area (Å²) in [6, 6.07) is 19.9. The Balaban J connectivity index is 2.24. The molecule has 0 aliphatic carbocycles. The molecule has 6 heteroatoms. The average molecular weight is 454 g/mol. The average Bonchev–Trinajstić information content (AvgIpc) is 2.79. The molecule has 1 N–H and O–H groups in total. The molecule has 0 fully saturated rings. The maximum absolute atomic E-state index is 13.3. The number of hydrogen-bond donors (Lipinski definition) is 1. The second-order valence-electron chi connectivity index (χ2n) is 7.93. The first-order valence-electron chi connectivity index (χ1n) is 10.7. The standard InChI is InChI=1S/C27H26F3NO2/c1-4-18(2)25(16-20-9-6-5-7-10-20)31(23-12-8-11-21(17-23)26(32)33)24-14-13-22(15-19(24)3)27(28,29)30/h5-15,17H,4,16H2,1-3H3,(H,32,33)/b25-18+. The zero-order valence-corrected chi connectivity index (χ0v) is 18.8.